The lowest BCUT2D eigenvalue weighted by Gasteiger charge is -2.02. The molecule has 0 saturated carbocycles. The number of aryl methyl sites for hydroxylation is 1. The van der Waals surface area contributed by atoms with E-state index in [1.807, 2.05) is 25.1 Å². The molecule has 0 saturated heterocycles. The van der Waals surface area contributed by atoms with Crippen molar-refractivity contribution < 1.29 is 5.11 Å². The Morgan fingerprint density at radius 1 is 1.38 bits per heavy atom. The quantitative estimate of drug-likeness (QED) is 0.695. The topological polar surface area (TPSA) is 63.3 Å². The smallest absolute Gasteiger partial charge is 0.234 e. The molecule has 0 fully saturated rings. The van der Waals surface area contributed by atoms with Gasteiger partial charge in [0.25, 0.3) is 0 Å². The van der Waals surface area contributed by atoms with Crippen molar-refractivity contribution in [3.63, 3.8) is 0 Å². The maximum Gasteiger partial charge on any atom is 0.234 e. The molecular formula is C10H8N4OS. The molecule has 0 aliphatic rings. The Bertz CT molecular complexity index is 629. The number of aromatic nitrogens is 4. The van der Waals surface area contributed by atoms with Gasteiger partial charge in [0, 0.05) is 0 Å². The van der Waals surface area contributed by atoms with Crippen LogP contribution in [-0.4, -0.2) is 24.9 Å². The van der Waals surface area contributed by atoms with Gasteiger partial charge in [0.05, 0.1) is 5.56 Å². The Hall–Kier alpha value is -1.95. The van der Waals surface area contributed by atoms with Gasteiger partial charge in [0.2, 0.25) is 4.96 Å². The van der Waals surface area contributed by atoms with E-state index in [0.29, 0.717) is 0 Å². The fourth-order valence-corrected chi connectivity index (χ4v) is 2.35. The van der Waals surface area contributed by atoms with E-state index in [2.05, 4.69) is 15.3 Å². The van der Waals surface area contributed by atoms with Crippen molar-refractivity contribution in [3.05, 3.63) is 30.1 Å². The molecular weight excluding hydrogens is 224 g/mol. The first kappa shape index (κ1) is 9.29. The summed E-state index contributed by atoms with van der Waals surface area (Å²) in [5, 5.41) is 22.6. The first-order valence-corrected chi connectivity index (χ1v) is 5.53. The summed E-state index contributed by atoms with van der Waals surface area (Å²) in [7, 11) is 0. The minimum atomic E-state index is 0.271. The van der Waals surface area contributed by atoms with E-state index in [1.54, 1.807) is 10.8 Å². The maximum atomic E-state index is 9.94. The van der Waals surface area contributed by atoms with Crippen molar-refractivity contribution in [1.29, 1.82) is 0 Å². The fraction of sp³-hybridized carbons (Fsp3) is 0.100. The maximum absolute atomic E-state index is 9.94. The predicted molar refractivity (Wildman–Crippen MR) is 60.5 cm³/mol. The van der Waals surface area contributed by atoms with E-state index in [-0.39, 0.29) is 5.75 Å². The highest BCUT2D eigenvalue weighted by Gasteiger charge is 2.12. The van der Waals surface area contributed by atoms with Gasteiger partial charge in [-0.15, -0.1) is 10.2 Å². The molecule has 0 radical (unpaired) electrons. The minimum absolute atomic E-state index is 0.271. The number of benzene rings is 1. The van der Waals surface area contributed by atoms with E-state index in [0.717, 1.165) is 21.1 Å². The lowest BCUT2D eigenvalue weighted by Crippen LogP contribution is -1.84. The molecule has 3 aromatic rings. The molecule has 0 aliphatic carbocycles. The predicted octanol–water partition coefficient (Wildman–Crippen LogP) is 1.87. The van der Waals surface area contributed by atoms with Gasteiger partial charge < -0.3 is 5.11 Å². The molecule has 2 aromatic heterocycles. The Labute approximate surface area is 95.0 Å². The van der Waals surface area contributed by atoms with E-state index in [9.17, 15) is 5.11 Å². The van der Waals surface area contributed by atoms with Crippen LogP contribution in [0.5, 0.6) is 5.75 Å². The molecule has 5 nitrogen and oxygen atoms in total. The molecule has 0 spiro atoms. The SMILES string of the molecule is Cc1cccc(-c2nn3cnnc3s2)c1O. The lowest BCUT2D eigenvalue weighted by molar-refractivity contribution is 0.473. The second kappa shape index (κ2) is 3.28. The summed E-state index contributed by atoms with van der Waals surface area (Å²) >= 11 is 1.40. The summed E-state index contributed by atoms with van der Waals surface area (Å²) in [6.07, 6.45) is 1.54. The number of hydrogen-bond donors (Lipinski definition) is 1. The average Bonchev–Trinajstić information content (AvgIpc) is 2.81. The average molecular weight is 232 g/mol. The van der Waals surface area contributed by atoms with Crippen LogP contribution < -0.4 is 0 Å². The lowest BCUT2D eigenvalue weighted by atomic mass is 10.1. The van der Waals surface area contributed by atoms with Gasteiger partial charge in [-0.25, -0.2) is 0 Å². The van der Waals surface area contributed by atoms with Crippen LogP contribution in [0, 0.1) is 6.92 Å². The van der Waals surface area contributed by atoms with E-state index >= 15 is 0 Å². The Morgan fingerprint density at radius 3 is 3.06 bits per heavy atom. The zero-order valence-corrected chi connectivity index (χ0v) is 9.27. The number of hydrogen-bond acceptors (Lipinski definition) is 5. The summed E-state index contributed by atoms with van der Waals surface area (Å²) in [6.45, 7) is 1.86. The van der Waals surface area contributed by atoms with Crippen LogP contribution in [0.1, 0.15) is 5.56 Å². The standard InChI is InChI=1S/C10H8N4OS/c1-6-3-2-4-7(8(6)15)9-13-14-5-11-12-10(14)16-9/h2-5,15H,1H3. The van der Waals surface area contributed by atoms with E-state index in [4.69, 9.17) is 0 Å². The summed E-state index contributed by atoms with van der Waals surface area (Å²) in [5.41, 5.74) is 1.57. The third kappa shape index (κ3) is 1.27. The molecule has 2 heterocycles. The van der Waals surface area contributed by atoms with Crippen molar-refractivity contribution in [2.24, 2.45) is 0 Å². The third-order valence-electron chi connectivity index (χ3n) is 2.35. The van der Waals surface area contributed by atoms with Crippen molar-refractivity contribution in [3.8, 4) is 16.3 Å². The number of phenols is 1. The minimum Gasteiger partial charge on any atom is -0.507 e. The summed E-state index contributed by atoms with van der Waals surface area (Å²) in [5.74, 6) is 0.271. The Balaban J connectivity index is 2.23. The highest BCUT2D eigenvalue weighted by atomic mass is 32.1. The van der Waals surface area contributed by atoms with Crippen LogP contribution in [0.25, 0.3) is 15.5 Å². The fourth-order valence-electron chi connectivity index (χ4n) is 1.50. The number of phenolic OH excluding ortho intramolecular Hbond substituents is 1. The van der Waals surface area contributed by atoms with Crippen molar-refractivity contribution in [1.82, 2.24) is 19.8 Å². The van der Waals surface area contributed by atoms with Crippen LogP contribution in [0.2, 0.25) is 0 Å². The third-order valence-corrected chi connectivity index (χ3v) is 3.30. The molecule has 0 aliphatic heterocycles. The van der Waals surface area contributed by atoms with Crippen LogP contribution in [0.3, 0.4) is 0 Å². The summed E-state index contributed by atoms with van der Waals surface area (Å²) in [6, 6.07) is 5.60. The molecule has 1 aromatic carbocycles. The van der Waals surface area contributed by atoms with Crippen LogP contribution in [0.4, 0.5) is 0 Å². The van der Waals surface area contributed by atoms with Crippen LogP contribution >= 0.6 is 11.3 Å². The van der Waals surface area contributed by atoms with Gasteiger partial charge in [0.15, 0.2) is 5.01 Å². The van der Waals surface area contributed by atoms with Crippen molar-refractivity contribution in [2.75, 3.05) is 0 Å². The highest BCUT2D eigenvalue weighted by Crippen LogP contribution is 2.33. The monoisotopic (exact) mass is 232 g/mol. The molecule has 6 heteroatoms. The van der Waals surface area contributed by atoms with E-state index in [1.165, 1.54) is 11.3 Å². The number of rotatable bonds is 1. The second-order valence-corrected chi connectivity index (χ2v) is 4.39. The largest absolute Gasteiger partial charge is 0.507 e. The van der Waals surface area contributed by atoms with Gasteiger partial charge in [0.1, 0.15) is 12.1 Å². The van der Waals surface area contributed by atoms with Crippen LogP contribution in [-0.2, 0) is 0 Å². The Kier molecular flexibility index (Phi) is 1.90. The van der Waals surface area contributed by atoms with Gasteiger partial charge in [-0.2, -0.15) is 9.61 Å². The number of fused-ring (bicyclic) bond motifs is 1. The number of aromatic hydroxyl groups is 1. The number of para-hydroxylation sites is 1. The zero-order chi connectivity index (χ0) is 11.1. The summed E-state index contributed by atoms with van der Waals surface area (Å²) < 4.78 is 1.60. The Morgan fingerprint density at radius 2 is 2.25 bits per heavy atom. The molecule has 0 atom stereocenters. The first-order valence-electron chi connectivity index (χ1n) is 4.71. The normalized spacial score (nSPS) is 11.1. The highest BCUT2D eigenvalue weighted by molar-refractivity contribution is 7.19. The summed E-state index contributed by atoms with van der Waals surface area (Å²) in [4.78, 5) is 0.718. The molecule has 1 N–H and O–H groups in total. The van der Waals surface area contributed by atoms with Gasteiger partial charge in [-0.05, 0) is 18.6 Å². The van der Waals surface area contributed by atoms with Gasteiger partial charge in [-0.3, -0.25) is 0 Å². The second-order valence-electron chi connectivity index (χ2n) is 3.44. The van der Waals surface area contributed by atoms with E-state index < -0.39 is 0 Å². The molecule has 16 heavy (non-hydrogen) atoms. The van der Waals surface area contributed by atoms with Crippen LogP contribution in [0.15, 0.2) is 24.5 Å². The van der Waals surface area contributed by atoms with Gasteiger partial charge >= 0.3 is 0 Å². The molecule has 3 rings (SSSR count). The van der Waals surface area contributed by atoms with Crippen molar-refractivity contribution >= 4 is 16.3 Å². The molecule has 0 amide bonds. The molecule has 0 unspecified atom stereocenters. The molecule has 0 bridgehead atoms. The number of nitrogens with zero attached hydrogens (tertiary/aromatic N) is 4. The van der Waals surface area contributed by atoms with Crippen molar-refractivity contribution in [2.45, 2.75) is 6.92 Å². The first-order chi connectivity index (χ1) is 7.75. The molecule has 80 valence electrons. The van der Waals surface area contributed by atoms with Gasteiger partial charge in [-0.1, -0.05) is 23.5 Å². The zero-order valence-electron chi connectivity index (χ0n) is 8.45.